The van der Waals surface area contributed by atoms with Crippen molar-refractivity contribution in [3.63, 3.8) is 0 Å². The van der Waals surface area contributed by atoms with Crippen LogP contribution in [0, 0.1) is 0 Å². The highest BCUT2D eigenvalue weighted by Crippen LogP contribution is 2.33. The summed E-state index contributed by atoms with van der Waals surface area (Å²) in [6.07, 6.45) is 0.697. The van der Waals surface area contributed by atoms with Crippen molar-refractivity contribution in [3.8, 4) is 0 Å². The van der Waals surface area contributed by atoms with Crippen LogP contribution < -0.4 is 10.6 Å². The summed E-state index contributed by atoms with van der Waals surface area (Å²) in [5, 5.41) is 29.5. The Bertz CT molecular complexity index is 762. The second kappa shape index (κ2) is 6.37. The van der Waals surface area contributed by atoms with Crippen molar-refractivity contribution >= 4 is 22.9 Å². The van der Waals surface area contributed by atoms with Gasteiger partial charge in [0, 0.05) is 13.1 Å². The molecular weight excluding hydrogens is 328 g/mol. The summed E-state index contributed by atoms with van der Waals surface area (Å²) in [5.41, 5.74) is 6.90. The van der Waals surface area contributed by atoms with Crippen LogP contribution in [-0.4, -0.2) is 72.8 Å². The third kappa shape index (κ3) is 2.71. The second-order valence-corrected chi connectivity index (χ2v) is 6.51. The summed E-state index contributed by atoms with van der Waals surface area (Å²) in [5.74, 6) is 0.786. The van der Waals surface area contributed by atoms with Gasteiger partial charge < -0.3 is 30.7 Å². The van der Waals surface area contributed by atoms with Gasteiger partial charge in [0.05, 0.1) is 12.9 Å². The van der Waals surface area contributed by atoms with E-state index in [0.717, 1.165) is 25.9 Å². The number of aromatic nitrogens is 4. The molecule has 4 heterocycles. The number of hydrogen-bond donors (Lipinski definition) is 4. The first-order valence-corrected chi connectivity index (χ1v) is 8.47. The molecule has 10 heteroatoms. The van der Waals surface area contributed by atoms with Crippen molar-refractivity contribution in [2.75, 3.05) is 30.3 Å². The topological polar surface area (TPSA) is 143 Å². The van der Waals surface area contributed by atoms with Crippen LogP contribution in [0.3, 0.4) is 0 Å². The molecule has 25 heavy (non-hydrogen) atoms. The van der Waals surface area contributed by atoms with Gasteiger partial charge in [-0.15, -0.1) is 0 Å². The first-order chi connectivity index (χ1) is 12.1. The highest BCUT2D eigenvalue weighted by atomic mass is 16.6. The van der Waals surface area contributed by atoms with Gasteiger partial charge in [-0.25, -0.2) is 4.98 Å². The lowest BCUT2D eigenvalue weighted by molar-refractivity contribution is -0.0511. The van der Waals surface area contributed by atoms with Gasteiger partial charge in [-0.2, -0.15) is 9.97 Å². The molecule has 2 aliphatic rings. The van der Waals surface area contributed by atoms with Crippen LogP contribution in [0.2, 0.25) is 0 Å². The van der Waals surface area contributed by atoms with Gasteiger partial charge in [0.2, 0.25) is 5.95 Å². The lowest BCUT2D eigenvalue weighted by Crippen LogP contribution is -2.33. The predicted molar refractivity (Wildman–Crippen MR) is 88.8 cm³/mol. The molecule has 2 saturated heterocycles. The maximum Gasteiger partial charge on any atom is 0.224 e. The fourth-order valence-corrected chi connectivity index (χ4v) is 3.54. The summed E-state index contributed by atoms with van der Waals surface area (Å²) in [4.78, 5) is 15.1. The second-order valence-electron chi connectivity index (χ2n) is 6.51. The molecule has 4 atom stereocenters. The number of imidazole rings is 1. The Labute approximate surface area is 143 Å². The molecule has 0 spiro atoms. The number of anilines is 2. The molecule has 0 amide bonds. The van der Waals surface area contributed by atoms with Crippen LogP contribution >= 0.6 is 0 Å². The first kappa shape index (κ1) is 16.5. The van der Waals surface area contributed by atoms with Gasteiger partial charge >= 0.3 is 0 Å². The van der Waals surface area contributed by atoms with E-state index in [2.05, 4.69) is 19.9 Å². The number of hydrogen-bond acceptors (Lipinski definition) is 9. The molecule has 0 aliphatic carbocycles. The molecule has 0 radical (unpaired) electrons. The monoisotopic (exact) mass is 350 g/mol. The lowest BCUT2D eigenvalue weighted by Gasteiger charge is -2.27. The minimum atomic E-state index is -1.20. The molecule has 0 bridgehead atoms. The summed E-state index contributed by atoms with van der Waals surface area (Å²) in [7, 11) is 0. The molecule has 0 aromatic carbocycles. The van der Waals surface area contributed by atoms with Crippen LogP contribution in [0.1, 0.15) is 25.5 Å². The van der Waals surface area contributed by atoms with Crippen molar-refractivity contribution < 1.29 is 20.1 Å². The number of nitrogens with zero attached hydrogens (tertiary/aromatic N) is 5. The van der Waals surface area contributed by atoms with Crippen LogP contribution in [0.25, 0.3) is 11.2 Å². The van der Waals surface area contributed by atoms with E-state index in [9.17, 15) is 15.3 Å². The van der Waals surface area contributed by atoms with E-state index < -0.39 is 31.1 Å². The van der Waals surface area contributed by atoms with Gasteiger partial charge in [-0.1, -0.05) is 0 Å². The van der Waals surface area contributed by atoms with Crippen LogP contribution in [0.4, 0.5) is 11.8 Å². The van der Waals surface area contributed by atoms with Gasteiger partial charge in [0.15, 0.2) is 23.2 Å². The normalized spacial score (nSPS) is 30.3. The van der Waals surface area contributed by atoms with Gasteiger partial charge in [-0.05, 0) is 19.3 Å². The average Bonchev–Trinajstić information content (AvgIpc) is 3.16. The Kier molecular flexibility index (Phi) is 4.20. The third-order valence-electron chi connectivity index (χ3n) is 4.87. The van der Waals surface area contributed by atoms with E-state index in [-0.39, 0.29) is 5.95 Å². The summed E-state index contributed by atoms with van der Waals surface area (Å²) < 4.78 is 7.10. The number of rotatable bonds is 3. The molecular formula is C15H22N6O4. The predicted octanol–water partition coefficient (Wildman–Crippen LogP) is -0.990. The number of aliphatic hydroxyl groups excluding tert-OH is 3. The zero-order valence-electron chi connectivity index (χ0n) is 13.7. The number of piperidine rings is 1. The lowest BCUT2D eigenvalue weighted by atomic mass is 10.1. The van der Waals surface area contributed by atoms with Gasteiger partial charge in [0.25, 0.3) is 0 Å². The zero-order valence-corrected chi connectivity index (χ0v) is 13.7. The van der Waals surface area contributed by atoms with Crippen molar-refractivity contribution in [1.82, 2.24) is 19.5 Å². The fraction of sp³-hybridized carbons (Fsp3) is 0.667. The summed E-state index contributed by atoms with van der Waals surface area (Å²) in [6.45, 7) is 1.37. The third-order valence-corrected chi connectivity index (χ3v) is 4.87. The molecule has 136 valence electrons. The molecule has 0 saturated carbocycles. The standard InChI is InChI=1S/C15H22N6O4/c16-15-18-12(20-4-2-1-3-5-20)9-13(19-15)21(7-17-9)14-11(24)10(23)8(6-22)25-14/h7-8,10-11,14,22-24H,1-6H2,(H2,16,18,19)/t8-,10+,11+,14+/m0/s1. The quantitative estimate of drug-likeness (QED) is 0.548. The van der Waals surface area contributed by atoms with Crippen LogP contribution in [0.15, 0.2) is 6.33 Å². The van der Waals surface area contributed by atoms with E-state index in [0.29, 0.717) is 17.0 Å². The molecule has 2 aromatic heterocycles. The van der Waals surface area contributed by atoms with Crippen molar-refractivity contribution in [2.45, 2.75) is 43.8 Å². The molecule has 4 rings (SSSR count). The minimum Gasteiger partial charge on any atom is -0.394 e. The number of fused-ring (bicyclic) bond motifs is 1. The molecule has 2 fully saturated rings. The van der Waals surface area contributed by atoms with E-state index in [4.69, 9.17) is 10.5 Å². The minimum absolute atomic E-state index is 0.113. The fourth-order valence-electron chi connectivity index (χ4n) is 3.54. The molecule has 5 N–H and O–H groups in total. The Morgan fingerprint density at radius 3 is 2.60 bits per heavy atom. The number of ether oxygens (including phenoxy) is 1. The maximum atomic E-state index is 10.3. The largest absolute Gasteiger partial charge is 0.394 e. The highest BCUT2D eigenvalue weighted by Gasteiger charge is 2.44. The average molecular weight is 350 g/mol. The van der Waals surface area contributed by atoms with Gasteiger partial charge in [-0.3, -0.25) is 4.57 Å². The highest BCUT2D eigenvalue weighted by molar-refractivity contribution is 5.84. The Morgan fingerprint density at radius 1 is 1.16 bits per heavy atom. The number of nitrogen functional groups attached to an aromatic ring is 1. The summed E-state index contributed by atoms with van der Waals surface area (Å²) in [6, 6.07) is 0. The SMILES string of the molecule is Nc1nc(N2CCCCC2)c2ncn([C@@H]3O[C@@H](CO)[C@@H](O)[C@H]3O)c2n1. The van der Waals surface area contributed by atoms with Crippen molar-refractivity contribution in [2.24, 2.45) is 0 Å². The Hall–Kier alpha value is -2.01. The maximum absolute atomic E-state index is 10.3. The molecule has 2 aromatic rings. The smallest absolute Gasteiger partial charge is 0.224 e. The van der Waals surface area contributed by atoms with Crippen LogP contribution in [-0.2, 0) is 4.74 Å². The Morgan fingerprint density at radius 2 is 1.92 bits per heavy atom. The van der Waals surface area contributed by atoms with Crippen molar-refractivity contribution in [1.29, 1.82) is 0 Å². The van der Waals surface area contributed by atoms with E-state index >= 15 is 0 Å². The number of nitrogens with two attached hydrogens (primary N) is 1. The van der Waals surface area contributed by atoms with Crippen LogP contribution in [0.5, 0.6) is 0 Å². The first-order valence-electron chi connectivity index (χ1n) is 8.47. The molecule has 10 nitrogen and oxygen atoms in total. The summed E-state index contributed by atoms with van der Waals surface area (Å²) >= 11 is 0. The van der Waals surface area contributed by atoms with Gasteiger partial charge in [0.1, 0.15) is 18.3 Å². The van der Waals surface area contributed by atoms with E-state index in [1.54, 1.807) is 0 Å². The number of aliphatic hydroxyl groups is 3. The zero-order chi connectivity index (χ0) is 17.6. The molecule has 0 unspecified atom stereocenters. The van der Waals surface area contributed by atoms with Crippen molar-refractivity contribution in [3.05, 3.63) is 6.33 Å². The van der Waals surface area contributed by atoms with E-state index in [1.165, 1.54) is 17.3 Å². The molecule has 2 aliphatic heterocycles. The van der Waals surface area contributed by atoms with E-state index in [1.807, 2.05) is 0 Å². The Balaban J connectivity index is 1.75.